The summed E-state index contributed by atoms with van der Waals surface area (Å²) in [5, 5.41) is 0.248. The maximum Gasteiger partial charge on any atom is 0.191 e. The van der Waals surface area contributed by atoms with Crippen LogP contribution < -0.4 is 9.64 Å². The highest BCUT2D eigenvalue weighted by Gasteiger charge is 2.30. The Morgan fingerprint density at radius 1 is 1.15 bits per heavy atom. The van der Waals surface area contributed by atoms with Gasteiger partial charge in [-0.15, -0.1) is 0 Å². The molecule has 0 saturated carbocycles. The Bertz CT molecular complexity index is 764. The number of benzene rings is 2. The molecule has 1 aliphatic heterocycles. The monoisotopic (exact) mass is 369 g/mol. The SMILES string of the molecule is COc1ccc(N2CCc3ccccc3C2CC(=O)SC(C)(C)C)cc1. The lowest BCUT2D eigenvalue weighted by Gasteiger charge is -2.39. The lowest BCUT2D eigenvalue weighted by Crippen LogP contribution is -2.36. The number of thioether (sulfide) groups is 1. The molecule has 0 aromatic heterocycles. The van der Waals surface area contributed by atoms with Crippen LogP contribution in [0.2, 0.25) is 0 Å². The number of fused-ring (bicyclic) bond motifs is 1. The lowest BCUT2D eigenvalue weighted by molar-refractivity contribution is -0.111. The summed E-state index contributed by atoms with van der Waals surface area (Å²) >= 11 is 1.44. The third-order valence-electron chi connectivity index (χ3n) is 4.60. The molecule has 0 aliphatic carbocycles. The zero-order valence-electron chi connectivity index (χ0n) is 16.0. The fourth-order valence-electron chi connectivity index (χ4n) is 3.50. The van der Waals surface area contributed by atoms with E-state index in [9.17, 15) is 4.79 Å². The lowest BCUT2D eigenvalue weighted by atomic mass is 9.90. The Balaban J connectivity index is 1.91. The molecule has 3 rings (SSSR count). The van der Waals surface area contributed by atoms with Crippen molar-refractivity contribution < 1.29 is 9.53 Å². The van der Waals surface area contributed by atoms with Crippen molar-refractivity contribution in [2.45, 2.75) is 44.4 Å². The molecule has 0 radical (unpaired) electrons. The van der Waals surface area contributed by atoms with E-state index in [1.807, 2.05) is 12.1 Å². The van der Waals surface area contributed by atoms with Gasteiger partial charge in [-0.3, -0.25) is 4.79 Å². The fraction of sp³-hybridized carbons (Fsp3) is 0.409. The molecule has 26 heavy (non-hydrogen) atoms. The highest BCUT2D eigenvalue weighted by molar-refractivity contribution is 8.14. The molecule has 4 heteroatoms. The molecule has 0 N–H and O–H groups in total. The molecule has 0 bridgehead atoms. The van der Waals surface area contributed by atoms with E-state index in [0.717, 1.165) is 24.4 Å². The second-order valence-corrected chi connectivity index (χ2v) is 9.53. The van der Waals surface area contributed by atoms with Crippen LogP contribution in [-0.4, -0.2) is 23.5 Å². The summed E-state index contributed by atoms with van der Waals surface area (Å²) in [5.74, 6) is 0.849. The zero-order valence-corrected chi connectivity index (χ0v) is 16.8. The van der Waals surface area contributed by atoms with Gasteiger partial charge < -0.3 is 9.64 Å². The van der Waals surface area contributed by atoms with E-state index < -0.39 is 0 Å². The number of carbonyl (C=O) groups is 1. The van der Waals surface area contributed by atoms with Crippen LogP contribution in [0.1, 0.15) is 44.4 Å². The number of nitrogens with zero attached hydrogens (tertiary/aromatic N) is 1. The molecule has 2 aromatic rings. The smallest absolute Gasteiger partial charge is 0.191 e. The van der Waals surface area contributed by atoms with Crippen molar-refractivity contribution >= 4 is 22.6 Å². The predicted octanol–water partition coefficient (Wildman–Crippen LogP) is 5.25. The standard InChI is InChI=1S/C22H27NO2S/c1-22(2,3)26-21(24)15-20-19-8-6-5-7-16(19)13-14-23(20)17-9-11-18(25-4)12-10-17/h5-12,20H,13-15H2,1-4H3. The van der Waals surface area contributed by atoms with Gasteiger partial charge in [0.1, 0.15) is 5.75 Å². The van der Waals surface area contributed by atoms with E-state index >= 15 is 0 Å². The highest BCUT2D eigenvalue weighted by atomic mass is 32.2. The largest absolute Gasteiger partial charge is 0.497 e. The third kappa shape index (κ3) is 4.42. The fourth-order valence-corrected chi connectivity index (χ4v) is 4.42. The first-order valence-corrected chi connectivity index (χ1v) is 9.89. The second-order valence-electron chi connectivity index (χ2n) is 7.65. The molecule has 0 saturated heterocycles. The van der Waals surface area contributed by atoms with Crippen molar-refractivity contribution in [2.75, 3.05) is 18.6 Å². The van der Waals surface area contributed by atoms with E-state index in [1.54, 1.807) is 7.11 Å². The summed E-state index contributed by atoms with van der Waals surface area (Å²) in [7, 11) is 1.68. The molecule has 1 unspecified atom stereocenters. The van der Waals surface area contributed by atoms with Crippen LogP contribution in [-0.2, 0) is 11.2 Å². The number of anilines is 1. The van der Waals surface area contributed by atoms with Crippen LogP contribution >= 0.6 is 11.8 Å². The van der Waals surface area contributed by atoms with Gasteiger partial charge in [0.2, 0.25) is 0 Å². The van der Waals surface area contributed by atoms with Crippen molar-refractivity contribution in [1.29, 1.82) is 0 Å². The first kappa shape index (κ1) is 18.8. The van der Waals surface area contributed by atoms with E-state index in [0.29, 0.717) is 6.42 Å². The summed E-state index contributed by atoms with van der Waals surface area (Å²) < 4.78 is 5.22. The molecule has 0 spiro atoms. The van der Waals surface area contributed by atoms with Gasteiger partial charge in [0, 0.05) is 23.4 Å². The van der Waals surface area contributed by atoms with Gasteiger partial charge in [-0.25, -0.2) is 0 Å². The summed E-state index contributed by atoms with van der Waals surface area (Å²) in [6.07, 6.45) is 1.52. The first-order chi connectivity index (χ1) is 12.4. The normalized spacial score (nSPS) is 16.9. The van der Waals surface area contributed by atoms with Crippen molar-refractivity contribution in [1.82, 2.24) is 0 Å². The molecular weight excluding hydrogens is 342 g/mol. The number of methoxy groups -OCH3 is 1. The molecule has 0 fully saturated rings. The molecule has 3 nitrogen and oxygen atoms in total. The molecular formula is C22H27NO2S. The minimum Gasteiger partial charge on any atom is -0.497 e. The maximum absolute atomic E-state index is 12.7. The average molecular weight is 370 g/mol. The van der Waals surface area contributed by atoms with Gasteiger partial charge in [-0.1, -0.05) is 56.8 Å². The second kappa shape index (κ2) is 7.75. The van der Waals surface area contributed by atoms with Gasteiger partial charge in [-0.2, -0.15) is 0 Å². The molecule has 1 aliphatic rings. The van der Waals surface area contributed by atoms with Gasteiger partial charge in [0.15, 0.2) is 5.12 Å². The van der Waals surface area contributed by atoms with Gasteiger partial charge in [-0.05, 0) is 41.8 Å². The molecule has 0 amide bonds. The summed E-state index contributed by atoms with van der Waals surface area (Å²) in [6, 6.07) is 16.7. The Labute approximate surface area is 160 Å². The van der Waals surface area contributed by atoms with Crippen molar-refractivity contribution in [3.8, 4) is 5.75 Å². The summed E-state index contributed by atoms with van der Waals surface area (Å²) in [6.45, 7) is 7.18. The molecule has 138 valence electrons. The molecule has 1 heterocycles. The number of hydrogen-bond donors (Lipinski definition) is 0. The summed E-state index contributed by atoms with van der Waals surface area (Å²) in [4.78, 5) is 15.1. The van der Waals surface area contributed by atoms with E-state index in [2.05, 4.69) is 62.1 Å². The van der Waals surface area contributed by atoms with Crippen LogP contribution in [0.3, 0.4) is 0 Å². The number of hydrogen-bond acceptors (Lipinski definition) is 4. The van der Waals surface area contributed by atoms with Crippen molar-refractivity contribution in [3.05, 3.63) is 59.7 Å². The quantitative estimate of drug-likeness (QED) is 0.736. The Kier molecular flexibility index (Phi) is 5.61. The number of carbonyl (C=O) groups excluding carboxylic acids is 1. The predicted molar refractivity (Wildman–Crippen MR) is 110 cm³/mol. The van der Waals surface area contributed by atoms with Crippen LogP contribution in [0.5, 0.6) is 5.75 Å². The topological polar surface area (TPSA) is 29.5 Å². The molecule has 1 atom stereocenters. The van der Waals surface area contributed by atoms with Crippen LogP contribution in [0.15, 0.2) is 48.5 Å². The maximum atomic E-state index is 12.7. The minimum atomic E-state index is -0.0593. The number of ether oxygens (including phenoxy) is 1. The zero-order chi connectivity index (χ0) is 18.7. The van der Waals surface area contributed by atoms with Gasteiger partial charge in [0.25, 0.3) is 0 Å². The van der Waals surface area contributed by atoms with Crippen molar-refractivity contribution in [3.63, 3.8) is 0 Å². The third-order valence-corrected chi connectivity index (χ3v) is 5.60. The van der Waals surface area contributed by atoms with Gasteiger partial charge in [0.05, 0.1) is 13.2 Å². The average Bonchev–Trinajstić information content (AvgIpc) is 2.60. The van der Waals surface area contributed by atoms with Crippen LogP contribution in [0.4, 0.5) is 5.69 Å². The van der Waals surface area contributed by atoms with E-state index in [1.165, 1.54) is 22.9 Å². The Morgan fingerprint density at radius 2 is 1.85 bits per heavy atom. The highest BCUT2D eigenvalue weighted by Crippen LogP contribution is 2.38. The molecule has 2 aromatic carbocycles. The van der Waals surface area contributed by atoms with Gasteiger partial charge >= 0.3 is 0 Å². The van der Waals surface area contributed by atoms with E-state index in [4.69, 9.17) is 4.74 Å². The van der Waals surface area contributed by atoms with Crippen molar-refractivity contribution in [2.24, 2.45) is 0 Å². The summed E-state index contributed by atoms with van der Waals surface area (Å²) in [5.41, 5.74) is 3.77. The van der Waals surface area contributed by atoms with Crippen LogP contribution in [0.25, 0.3) is 0 Å². The Morgan fingerprint density at radius 3 is 2.50 bits per heavy atom. The van der Waals surface area contributed by atoms with E-state index in [-0.39, 0.29) is 15.9 Å². The minimum absolute atomic E-state index is 0.0593. The first-order valence-electron chi connectivity index (χ1n) is 9.08. The van der Waals surface area contributed by atoms with Crippen LogP contribution in [0, 0.1) is 0 Å². The number of rotatable bonds is 4. The Hall–Kier alpha value is -1.94.